The molecule has 1 heterocycles. The summed E-state index contributed by atoms with van der Waals surface area (Å²) >= 11 is 8.19. The van der Waals surface area contributed by atoms with Crippen LogP contribution >= 0.6 is 34.2 Å². The number of ether oxygens (including phenoxy) is 1. The van der Waals surface area contributed by atoms with Gasteiger partial charge in [0.15, 0.2) is 11.5 Å². The first kappa shape index (κ1) is 17.8. The summed E-state index contributed by atoms with van der Waals surface area (Å²) in [6.07, 6.45) is 1.72. The Hall–Kier alpha value is -2.06. The average molecular weight is 469 g/mol. The number of hydrazone groups is 1. The van der Waals surface area contributed by atoms with E-state index in [1.807, 2.05) is 22.6 Å². The largest absolute Gasteiger partial charge is 0.504 e. The van der Waals surface area contributed by atoms with E-state index < -0.39 is 0 Å². The minimum absolute atomic E-state index is 0.0751. The van der Waals surface area contributed by atoms with E-state index in [-0.39, 0.29) is 11.7 Å². The highest BCUT2D eigenvalue weighted by Gasteiger charge is 2.29. The van der Waals surface area contributed by atoms with Gasteiger partial charge in [-0.05, 0) is 65.4 Å². The van der Waals surface area contributed by atoms with Gasteiger partial charge in [-0.3, -0.25) is 4.79 Å². The maximum absolute atomic E-state index is 12.8. The lowest BCUT2D eigenvalue weighted by Crippen LogP contribution is -2.21. The molecule has 0 aromatic heterocycles. The highest BCUT2D eigenvalue weighted by Crippen LogP contribution is 2.34. The van der Waals surface area contributed by atoms with Gasteiger partial charge in [-0.15, -0.1) is 0 Å². The van der Waals surface area contributed by atoms with Crippen molar-refractivity contribution >= 4 is 57.6 Å². The Morgan fingerprint density at radius 1 is 1.32 bits per heavy atom. The van der Waals surface area contributed by atoms with Crippen LogP contribution in [0.5, 0.6) is 11.5 Å². The van der Waals surface area contributed by atoms with Gasteiger partial charge in [0.05, 0.1) is 32.7 Å². The van der Waals surface area contributed by atoms with Crippen molar-refractivity contribution in [1.29, 1.82) is 0 Å². The zero-order valence-corrected chi connectivity index (χ0v) is 16.4. The predicted molar refractivity (Wildman–Crippen MR) is 107 cm³/mol. The van der Waals surface area contributed by atoms with Crippen molar-refractivity contribution in [2.45, 2.75) is 6.92 Å². The van der Waals surface area contributed by atoms with Crippen molar-refractivity contribution in [3.05, 3.63) is 56.1 Å². The van der Waals surface area contributed by atoms with Gasteiger partial charge in [-0.2, -0.15) is 10.1 Å². The molecule has 25 heavy (non-hydrogen) atoms. The van der Waals surface area contributed by atoms with Crippen molar-refractivity contribution < 1.29 is 14.6 Å². The summed E-state index contributed by atoms with van der Waals surface area (Å²) in [5.41, 5.74) is 2.32. The number of halogens is 2. The topological polar surface area (TPSA) is 62.1 Å². The molecule has 0 atom stereocenters. The maximum atomic E-state index is 12.8. The monoisotopic (exact) mass is 468 g/mol. The van der Waals surface area contributed by atoms with E-state index in [2.05, 4.69) is 5.10 Å². The molecule has 2 aromatic rings. The number of nitrogens with zero attached hydrogens (tertiary/aromatic N) is 2. The molecule has 2 aromatic carbocycles. The van der Waals surface area contributed by atoms with E-state index in [0.717, 1.165) is 5.56 Å². The molecule has 0 radical (unpaired) electrons. The number of amides is 1. The van der Waals surface area contributed by atoms with Gasteiger partial charge < -0.3 is 9.84 Å². The summed E-state index contributed by atoms with van der Waals surface area (Å²) in [6.45, 7) is 1.77. The standard InChI is InChI=1S/C18H14ClIN2O3/c1-10-12(7-11-8-14(20)17(23)16(9-11)25-2)18(24)22(21-10)15-6-4-3-5-13(15)19/h3-9,23H,1-2H3/b12-7+. The van der Waals surface area contributed by atoms with Crippen LogP contribution in [0.3, 0.4) is 0 Å². The molecule has 0 spiro atoms. The van der Waals surface area contributed by atoms with Gasteiger partial charge in [0.25, 0.3) is 5.91 Å². The SMILES string of the molecule is COc1cc(/C=C2/C(=O)N(c3ccccc3Cl)N=C2C)cc(I)c1O. The maximum Gasteiger partial charge on any atom is 0.280 e. The molecule has 1 amide bonds. The fourth-order valence-electron chi connectivity index (χ4n) is 2.47. The highest BCUT2D eigenvalue weighted by atomic mass is 127. The predicted octanol–water partition coefficient (Wildman–Crippen LogP) is 4.46. The lowest BCUT2D eigenvalue weighted by molar-refractivity contribution is -0.114. The minimum atomic E-state index is -0.257. The number of hydrogen-bond acceptors (Lipinski definition) is 4. The van der Waals surface area contributed by atoms with E-state index in [9.17, 15) is 9.90 Å². The number of rotatable bonds is 3. The lowest BCUT2D eigenvalue weighted by Gasteiger charge is -2.13. The Morgan fingerprint density at radius 3 is 2.72 bits per heavy atom. The number of benzene rings is 2. The number of hydrogen-bond donors (Lipinski definition) is 1. The normalized spacial score (nSPS) is 15.7. The zero-order valence-electron chi connectivity index (χ0n) is 13.5. The first-order chi connectivity index (χ1) is 11.9. The second-order valence-corrected chi connectivity index (χ2v) is 6.93. The number of para-hydroxylation sites is 1. The Bertz CT molecular complexity index is 925. The summed E-state index contributed by atoms with van der Waals surface area (Å²) in [5, 5.41) is 16.0. The third-order valence-corrected chi connectivity index (χ3v) is 4.87. The molecule has 1 aliphatic rings. The Labute approximate surface area is 163 Å². The molecular weight excluding hydrogens is 455 g/mol. The van der Waals surface area contributed by atoms with Crippen LogP contribution in [0.15, 0.2) is 47.1 Å². The molecule has 0 aliphatic carbocycles. The molecule has 1 N–H and O–H groups in total. The number of methoxy groups -OCH3 is 1. The highest BCUT2D eigenvalue weighted by molar-refractivity contribution is 14.1. The van der Waals surface area contributed by atoms with E-state index in [1.165, 1.54) is 12.1 Å². The molecule has 0 bridgehead atoms. The molecular formula is C18H14ClIN2O3. The Morgan fingerprint density at radius 2 is 2.04 bits per heavy atom. The van der Waals surface area contributed by atoms with Crippen LogP contribution in [0.2, 0.25) is 5.02 Å². The molecule has 0 unspecified atom stereocenters. The summed E-state index contributed by atoms with van der Waals surface area (Å²) in [4.78, 5) is 12.8. The second-order valence-electron chi connectivity index (χ2n) is 5.37. The van der Waals surface area contributed by atoms with Gasteiger partial charge in [-0.1, -0.05) is 23.7 Å². The molecule has 128 valence electrons. The molecule has 7 heteroatoms. The van der Waals surface area contributed by atoms with Crippen LogP contribution in [-0.4, -0.2) is 23.8 Å². The third-order valence-electron chi connectivity index (χ3n) is 3.72. The molecule has 0 fully saturated rings. The minimum Gasteiger partial charge on any atom is -0.504 e. The Balaban J connectivity index is 2.01. The van der Waals surface area contributed by atoms with Gasteiger partial charge in [0.1, 0.15) is 0 Å². The number of phenols is 1. The first-order valence-electron chi connectivity index (χ1n) is 7.35. The average Bonchev–Trinajstić information content (AvgIpc) is 2.86. The number of anilines is 1. The van der Waals surface area contributed by atoms with Crippen molar-refractivity contribution in [3.8, 4) is 11.5 Å². The van der Waals surface area contributed by atoms with Gasteiger partial charge >= 0.3 is 0 Å². The lowest BCUT2D eigenvalue weighted by atomic mass is 10.1. The Kier molecular flexibility index (Phi) is 5.01. The van der Waals surface area contributed by atoms with E-state index in [4.69, 9.17) is 16.3 Å². The van der Waals surface area contributed by atoms with Crippen LogP contribution in [0.25, 0.3) is 6.08 Å². The number of phenolic OH excluding ortho intramolecular Hbond substituents is 1. The van der Waals surface area contributed by atoms with Crippen molar-refractivity contribution in [2.24, 2.45) is 5.10 Å². The summed E-state index contributed by atoms with van der Waals surface area (Å²) < 4.78 is 5.79. The van der Waals surface area contributed by atoms with Crippen LogP contribution in [0.4, 0.5) is 5.69 Å². The smallest absolute Gasteiger partial charge is 0.280 e. The zero-order chi connectivity index (χ0) is 18.1. The van der Waals surface area contributed by atoms with Crippen LogP contribution in [0.1, 0.15) is 12.5 Å². The molecule has 3 rings (SSSR count). The van der Waals surface area contributed by atoms with Crippen molar-refractivity contribution in [3.63, 3.8) is 0 Å². The second kappa shape index (κ2) is 7.05. The van der Waals surface area contributed by atoms with Crippen LogP contribution < -0.4 is 9.75 Å². The molecule has 0 saturated carbocycles. The van der Waals surface area contributed by atoms with Crippen LogP contribution in [0, 0.1) is 3.57 Å². The van der Waals surface area contributed by atoms with Gasteiger partial charge in [0.2, 0.25) is 0 Å². The van der Waals surface area contributed by atoms with E-state index in [1.54, 1.807) is 49.4 Å². The van der Waals surface area contributed by atoms with Crippen molar-refractivity contribution in [2.75, 3.05) is 12.1 Å². The summed E-state index contributed by atoms with van der Waals surface area (Å²) in [7, 11) is 1.48. The van der Waals surface area contributed by atoms with Crippen molar-refractivity contribution in [1.82, 2.24) is 0 Å². The third kappa shape index (κ3) is 3.36. The number of carbonyl (C=O) groups is 1. The molecule has 5 nitrogen and oxygen atoms in total. The first-order valence-corrected chi connectivity index (χ1v) is 8.81. The summed E-state index contributed by atoms with van der Waals surface area (Å²) in [5.74, 6) is 0.167. The van der Waals surface area contributed by atoms with E-state index >= 15 is 0 Å². The van der Waals surface area contributed by atoms with Gasteiger partial charge in [0, 0.05) is 0 Å². The molecule has 0 saturated heterocycles. The molecule has 1 aliphatic heterocycles. The van der Waals surface area contributed by atoms with Gasteiger partial charge in [-0.25, -0.2) is 0 Å². The fraction of sp³-hybridized carbons (Fsp3) is 0.111. The van der Waals surface area contributed by atoms with E-state index in [0.29, 0.717) is 31.3 Å². The number of carbonyl (C=O) groups excluding carboxylic acids is 1. The number of aromatic hydroxyl groups is 1. The summed E-state index contributed by atoms with van der Waals surface area (Å²) in [6, 6.07) is 10.5. The fourth-order valence-corrected chi connectivity index (χ4v) is 3.31. The van der Waals surface area contributed by atoms with Crippen LogP contribution in [-0.2, 0) is 4.79 Å². The quantitative estimate of drug-likeness (QED) is 0.534.